The van der Waals surface area contributed by atoms with E-state index in [4.69, 9.17) is 102 Å². The van der Waals surface area contributed by atoms with Gasteiger partial charge in [-0.15, -0.1) is 0 Å². The molecule has 0 aromatic rings. The molecule has 4 radical (unpaired) electrons. The van der Waals surface area contributed by atoms with Crippen LogP contribution in [0, 0.1) is 0 Å². The third kappa shape index (κ3) is 33.1. The van der Waals surface area contributed by atoms with Gasteiger partial charge in [-0.25, -0.2) is 0 Å². The maximum absolute atomic E-state index is 9.96. The minimum absolute atomic E-state index is 0. The standard InChI is InChI=1S/5C6H10O8.2Fe.2Mn/c5*7-1(3(9)5(11)12)2(8)4(10)6(13)14;;;;/h5*1-4,7-10H,(H,11,12)(H,13,14);;;;/q;;;;;2*+3;2*+2/p-10/t5*1-,2-,3-,4+;;;;/m00000..../s1. The second-order valence-corrected chi connectivity index (χ2v) is 12.5. The summed E-state index contributed by atoms with van der Waals surface area (Å²) in [7, 11) is 0. The number of aliphatic hydroxyl groups is 20. The van der Waals surface area contributed by atoms with Crippen molar-refractivity contribution in [1.82, 2.24) is 0 Å². The number of carboxylic acids is 10. The van der Waals surface area contributed by atoms with Crippen LogP contribution in [0.2, 0.25) is 0 Å². The van der Waals surface area contributed by atoms with Crippen LogP contribution in [0.25, 0.3) is 0 Å². The summed E-state index contributed by atoms with van der Waals surface area (Å²) in [5.74, 6) is -21.1. The third-order valence-electron chi connectivity index (χ3n) is 7.40. The Kier molecular flexibility index (Phi) is 52.2. The zero-order chi connectivity index (χ0) is 57.3. The number of hydrogen-bond donors (Lipinski definition) is 20. The average molecular weight is 1260 g/mol. The van der Waals surface area contributed by atoms with Crippen molar-refractivity contribution in [3.63, 3.8) is 0 Å². The van der Waals surface area contributed by atoms with Crippen molar-refractivity contribution in [3.8, 4) is 0 Å². The average Bonchev–Trinajstić information content (AvgIpc) is 3.28. The fraction of sp³-hybridized carbons (Fsp3) is 0.667. The Hall–Kier alpha value is -4.02. The zero-order valence-corrected chi connectivity index (χ0v) is 39.7. The van der Waals surface area contributed by atoms with Gasteiger partial charge < -0.3 is 201 Å². The molecule has 74 heavy (non-hydrogen) atoms. The fourth-order valence-electron chi connectivity index (χ4n) is 3.26. The van der Waals surface area contributed by atoms with Crippen LogP contribution in [0.15, 0.2) is 0 Å². The van der Waals surface area contributed by atoms with Crippen molar-refractivity contribution >= 4 is 59.7 Å². The molecule has 0 aromatic heterocycles. The van der Waals surface area contributed by atoms with Crippen LogP contribution in [-0.2, 0) is 116 Å². The molecule has 0 aliphatic heterocycles. The molecule has 0 spiro atoms. The first kappa shape index (κ1) is 89.5. The van der Waals surface area contributed by atoms with E-state index in [-0.39, 0.29) is 68.3 Å². The van der Waals surface area contributed by atoms with Crippen LogP contribution >= 0.6 is 0 Å². The van der Waals surface area contributed by atoms with Crippen molar-refractivity contribution in [2.45, 2.75) is 122 Å². The predicted octanol–water partition coefficient (Wildman–Crippen LogP) is -30.4. The van der Waals surface area contributed by atoms with E-state index in [1.165, 1.54) is 0 Å². The summed E-state index contributed by atoms with van der Waals surface area (Å²) in [5, 5.41) is 274. The molecule has 0 saturated heterocycles. The quantitative estimate of drug-likeness (QED) is 0.0377. The van der Waals surface area contributed by atoms with Gasteiger partial charge >= 0.3 is 68.3 Å². The van der Waals surface area contributed by atoms with Crippen LogP contribution in [-0.4, -0.2) is 284 Å². The van der Waals surface area contributed by atoms with Crippen LogP contribution in [0.4, 0.5) is 0 Å². The van der Waals surface area contributed by atoms with Gasteiger partial charge in [-0.1, -0.05) is 0 Å². The number of carboxylic acid groups (broad SMARTS) is 10. The summed E-state index contributed by atoms with van der Waals surface area (Å²) in [5.41, 5.74) is 0. The predicted molar refractivity (Wildman–Crippen MR) is 170 cm³/mol. The topological polar surface area (TPSA) is 806 Å². The van der Waals surface area contributed by atoms with Gasteiger partial charge in [0.05, 0.1) is 59.7 Å². The van der Waals surface area contributed by atoms with Crippen LogP contribution < -0.4 is 51.1 Å². The van der Waals surface area contributed by atoms with Crippen LogP contribution in [0.1, 0.15) is 0 Å². The monoisotopic (exact) mass is 1260 g/mol. The first-order valence-corrected chi connectivity index (χ1v) is 17.1. The van der Waals surface area contributed by atoms with Crippen LogP contribution in [0.5, 0.6) is 0 Å². The number of carbonyl (C=O) groups excluding carboxylic acids is 10. The fourth-order valence-corrected chi connectivity index (χ4v) is 3.26. The molecule has 0 bridgehead atoms. The van der Waals surface area contributed by atoms with Crippen molar-refractivity contribution < 1.29 is 269 Å². The van der Waals surface area contributed by atoms with E-state index in [1.54, 1.807) is 0 Å². The molecule has 0 saturated carbocycles. The molecule has 20 N–H and O–H groups in total. The Morgan fingerprint density at radius 1 is 0.176 bits per heavy atom. The van der Waals surface area contributed by atoms with Crippen molar-refractivity contribution in [1.29, 1.82) is 0 Å². The number of aliphatic carboxylic acids is 10. The molecule has 0 amide bonds. The molecule has 0 aromatic carbocycles. The summed E-state index contributed by atoms with van der Waals surface area (Å²) < 4.78 is 0. The van der Waals surface area contributed by atoms with E-state index < -0.39 is 182 Å². The Bertz CT molecular complexity index is 1310. The second kappa shape index (κ2) is 43.1. The van der Waals surface area contributed by atoms with Crippen molar-refractivity contribution in [2.75, 3.05) is 0 Å². The van der Waals surface area contributed by atoms with Crippen molar-refractivity contribution in [2.24, 2.45) is 0 Å². The minimum Gasteiger partial charge on any atom is -0.547 e. The maximum atomic E-state index is 9.96. The van der Waals surface area contributed by atoms with Gasteiger partial charge in [-0.2, -0.15) is 0 Å². The molecule has 0 fully saturated rings. The first-order chi connectivity index (χ1) is 31.4. The molecular formula is C30H40Fe2Mn2O40. The maximum Gasteiger partial charge on any atom is 3.00 e. The Labute approximate surface area is 449 Å². The van der Waals surface area contributed by atoms with Gasteiger partial charge in [-0.05, 0) is 0 Å². The minimum atomic E-state index is -2.50. The molecule has 44 heteroatoms. The van der Waals surface area contributed by atoms with E-state index in [0.29, 0.717) is 0 Å². The zero-order valence-electron chi connectivity index (χ0n) is 35.1. The number of carbonyl (C=O) groups is 10. The Balaban J connectivity index is -0.000000101. The summed E-state index contributed by atoms with van der Waals surface area (Å²) in [4.78, 5) is 99.6. The smallest absolute Gasteiger partial charge is 0.547 e. The van der Waals surface area contributed by atoms with Gasteiger partial charge in [0.1, 0.15) is 122 Å². The molecule has 20 atom stereocenters. The van der Waals surface area contributed by atoms with Gasteiger partial charge in [0.25, 0.3) is 0 Å². The Morgan fingerprint density at radius 3 is 0.243 bits per heavy atom. The molecule has 430 valence electrons. The summed E-state index contributed by atoms with van der Waals surface area (Å²) in [6, 6.07) is 0. The number of aliphatic hydroxyl groups excluding tert-OH is 20. The summed E-state index contributed by atoms with van der Waals surface area (Å²) in [6.07, 6.45) is -48.8. The first-order valence-electron chi connectivity index (χ1n) is 17.1. The van der Waals surface area contributed by atoms with E-state index in [1.807, 2.05) is 0 Å². The van der Waals surface area contributed by atoms with Gasteiger partial charge in [-0.3, -0.25) is 0 Å². The van der Waals surface area contributed by atoms with Crippen LogP contribution in [0.3, 0.4) is 0 Å². The molecule has 0 aliphatic rings. The van der Waals surface area contributed by atoms with E-state index >= 15 is 0 Å². The third-order valence-corrected chi connectivity index (χ3v) is 7.40. The molecule has 40 nitrogen and oxygen atoms in total. The number of rotatable bonds is 25. The second-order valence-electron chi connectivity index (χ2n) is 12.5. The molecule has 0 unspecified atom stereocenters. The summed E-state index contributed by atoms with van der Waals surface area (Å²) in [6.45, 7) is 0. The summed E-state index contributed by atoms with van der Waals surface area (Å²) >= 11 is 0. The van der Waals surface area contributed by atoms with Crippen molar-refractivity contribution in [3.05, 3.63) is 0 Å². The van der Waals surface area contributed by atoms with Gasteiger partial charge in [0, 0.05) is 0 Å². The van der Waals surface area contributed by atoms with E-state index in [2.05, 4.69) is 0 Å². The normalized spacial score (nSPS) is 18.4. The van der Waals surface area contributed by atoms with E-state index in [0.717, 1.165) is 0 Å². The number of hydrogen-bond acceptors (Lipinski definition) is 40. The molecular weight excluding hydrogens is 1220 g/mol. The molecule has 0 rings (SSSR count). The molecule has 0 heterocycles. The Morgan fingerprint density at radius 2 is 0.216 bits per heavy atom. The SMILES string of the molecule is O=C([O-])[C@@H](O)[C@@H](O)[C@H](O)[C@@H](O)C(=O)[O-].O=C([O-])[C@@H](O)[C@@H](O)[C@H](O)[C@@H](O)C(=O)[O-].O=C([O-])[C@@H](O)[C@@H](O)[C@H](O)[C@@H](O)C(=O)[O-].O=C([O-])[C@@H](O)[C@@H](O)[C@H](O)[C@@H](O)C(=O)[O-].O=C([O-])[C@@H](O)[C@@H](O)[C@H](O)[C@@H](O)C(=O)[O-].[Fe+3].[Fe+3].[Mn+2].[Mn+2]. The van der Waals surface area contributed by atoms with E-state index in [9.17, 15) is 99.0 Å². The van der Waals surface area contributed by atoms with Gasteiger partial charge in [0.15, 0.2) is 0 Å². The largest absolute Gasteiger partial charge is 3.00 e. The van der Waals surface area contributed by atoms with Gasteiger partial charge in [0.2, 0.25) is 0 Å². The molecule has 0 aliphatic carbocycles.